The number of rotatable bonds is 8. The van der Waals surface area contributed by atoms with Gasteiger partial charge in [0.2, 0.25) is 15.9 Å². The number of nitrogens with one attached hydrogen (secondary N) is 1. The molecule has 15 heteroatoms. The van der Waals surface area contributed by atoms with Gasteiger partial charge in [0.25, 0.3) is 0 Å². The average molecular weight is 666 g/mol. The molecule has 13 nitrogen and oxygen atoms in total. The molecule has 2 aliphatic rings. The van der Waals surface area contributed by atoms with E-state index in [9.17, 15) is 31.2 Å². The predicted octanol–water partition coefficient (Wildman–Crippen LogP) is 1.68. The Balaban J connectivity index is 1.54. The van der Waals surface area contributed by atoms with Crippen LogP contribution in [0.2, 0.25) is 0 Å². The molecule has 4 rings (SSSR count). The number of morpholine rings is 1. The maximum Gasteiger partial charge on any atom is 0.415 e. The van der Waals surface area contributed by atoms with E-state index in [1.54, 1.807) is 64.1 Å². The van der Waals surface area contributed by atoms with Gasteiger partial charge in [-0.1, -0.05) is 29.8 Å². The molecule has 0 bridgehead atoms. The van der Waals surface area contributed by atoms with Crippen LogP contribution >= 0.6 is 0 Å². The normalized spacial score (nSPS) is 19.7. The lowest BCUT2D eigenvalue weighted by Gasteiger charge is -2.34. The third-order valence-electron chi connectivity index (χ3n) is 7.16. The van der Waals surface area contributed by atoms with Crippen molar-refractivity contribution in [2.45, 2.75) is 56.7 Å². The number of ether oxygens (including phenoxy) is 3. The molecule has 0 radical (unpaired) electrons. The van der Waals surface area contributed by atoms with Gasteiger partial charge in [0.05, 0.1) is 29.6 Å². The minimum atomic E-state index is -4.25. The first-order valence-electron chi connectivity index (χ1n) is 14.5. The second kappa shape index (κ2) is 13.8. The Morgan fingerprint density at radius 2 is 1.62 bits per heavy atom. The number of carbonyl (C=O) groups is 3. The van der Waals surface area contributed by atoms with Gasteiger partial charge in [-0.05, 0) is 57.5 Å². The van der Waals surface area contributed by atoms with Gasteiger partial charge >= 0.3 is 12.1 Å². The van der Waals surface area contributed by atoms with Crippen LogP contribution in [-0.4, -0.2) is 106 Å². The van der Waals surface area contributed by atoms with Crippen LogP contribution in [-0.2, 0) is 45.3 Å². The van der Waals surface area contributed by atoms with E-state index in [-0.39, 0.29) is 17.1 Å². The summed E-state index contributed by atoms with van der Waals surface area (Å²) in [7, 11) is -8.01. The lowest BCUT2D eigenvalue weighted by atomic mass is 10.0. The molecule has 0 aliphatic carbocycles. The van der Waals surface area contributed by atoms with Crippen LogP contribution < -0.4 is 10.1 Å². The van der Waals surface area contributed by atoms with Crippen LogP contribution in [0.1, 0.15) is 31.9 Å². The molecule has 2 amide bonds. The second-order valence-corrected chi connectivity index (χ2v) is 16.1. The Labute approximate surface area is 263 Å². The molecule has 246 valence electrons. The molecular formula is C30H39N3O10S2. The Bertz CT molecular complexity index is 1600. The summed E-state index contributed by atoms with van der Waals surface area (Å²) in [5.41, 5.74) is 0.484. The Morgan fingerprint density at radius 3 is 2.22 bits per heavy atom. The van der Waals surface area contributed by atoms with Crippen molar-refractivity contribution in [2.75, 3.05) is 44.4 Å². The van der Waals surface area contributed by atoms with Crippen LogP contribution in [0, 0.1) is 6.92 Å². The maximum atomic E-state index is 13.7. The Kier molecular flexibility index (Phi) is 10.6. The average Bonchev–Trinajstić information content (AvgIpc) is 2.97. The summed E-state index contributed by atoms with van der Waals surface area (Å²) in [6, 6.07) is 9.44. The van der Waals surface area contributed by atoms with Gasteiger partial charge in [-0.2, -0.15) is 4.31 Å². The topological polar surface area (TPSA) is 166 Å². The molecule has 2 saturated heterocycles. The van der Waals surface area contributed by atoms with Crippen molar-refractivity contribution in [1.82, 2.24) is 14.5 Å². The molecule has 0 unspecified atom stereocenters. The van der Waals surface area contributed by atoms with Crippen LogP contribution in [0.5, 0.6) is 5.75 Å². The van der Waals surface area contributed by atoms with Crippen molar-refractivity contribution in [1.29, 1.82) is 0 Å². The molecule has 2 aromatic rings. The van der Waals surface area contributed by atoms with Crippen molar-refractivity contribution in [3.63, 3.8) is 0 Å². The summed E-state index contributed by atoms with van der Waals surface area (Å²) in [5.74, 6) is -2.64. The van der Waals surface area contributed by atoms with Gasteiger partial charge < -0.3 is 24.4 Å². The predicted molar refractivity (Wildman–Crippen MR) is 164 cm³/mol. The van der Waals surface area contributed by atoms with E-state index in [0.29, 0.717) is 31.9 Å². The molecule has 0 spiro atoms. The third kappa shape index (κ3) is 9.25. The summed E-state index contributed by atoms with van der Waals surface area (Å²) in [6.45, 7) is 8.03. The first kappa shape index (κ1) is 34.3. The van der Waals surface area contributed by atoms with Gasteiger partial charge in [0.15, 0.2) is 9.84 Å². The highest BCUT2D eigenvalue weighted by molar-refractivity contribution is 7.92. The molecule has 0 aromatic heterocycles. The lowest BCUT2D eigenvalue weighted by Crippen LogP contribution is -2.60. The van der Waals surface area contributed by atoms with Crippen LogP contribution in [0.15, 0.2) is 53.4 Å². The number of sulfonamides is 1. The zero-order valence-corrected chi connectivity index (χ0v) is 27.4. The fourth-order valence-corrected chi connectivity index (χ4v) is 8.06. The number of aryl methyl sites for hydroxylation is 1. The summed E-state index contributed by atoms with van der Waals surface area (Å²) < 4.78 is 69.3. The molecule has 2 fully saturated rings. The zero-order chi connectivity index (χ0) is 33.0. The minimum Gasteiger partial charge on any atom is -0.458 e. The monoisotopic (exact) mass is 665 g/mol. The SMILES string of the molecule is Cc1ccc(S(=O)(=O)N2CCS(=O)(=O)C[C@H]2C(=O)N[C@@H](Cc2ccc(OC(=O)N3CCOCC3)cc2)C(=O)OC(C)(C)C)cc1. The number of hydrogen-bond acceptors (Lipinski definition) is 10. The molecule has 2 aromatic carbocycles. The quantitative estimate of drug-likeness (QED) is 0.410. The number of carbonyl (C=O) groups excluding carboxylic acids is 3. The van der Waals surface area contributed by atoms with Gasteiger partial charge in [0.1, 0.15) is 23.4 Å². The smallest absolute Gasteiger partial charge is 0.415 e. The fraction of sp³-hybridized carbons (Fsp3) is 0.500. The largest absolute Gasteiger partial charge is 0.458 e. The molecule has 45 heavy (non-hydrogen) atoms. The van der Waals surface area contributed by atoms with Crippen molar-refractivity contribution < 1.29 is 45.4 Å². The van der Waals surface area contributed by atoms with Crippen molar-refractivity contribution in [3.8, 4) is 5.75 Å². The van der Waals surface area contributed by atoms with Gasteiger partial charge in [-0.3, -0.25) is 4.79 Å². The first-order valence-corrected chi connectivity index (χ1v) is 17.8. The summed E-state index contributed by atoms with van der Waals surface area (Å²) in [6.07, 6.45) is -0.583. The summed E-state index contributed by atoms with van der Waals surface area (Å²) >= 11 is 0. The van der Waals surface area contributed by atoms with Crippen molar-refractivity contribution in [2.24, 2.45) is 0 Å². The van der Waals surface area contributed by atoms with Crippen LogP contribution in [0.4, 0.5) is 4.79 Å². The standard InChI is InChI=1S/C30H39N3O10S2/c1-21-5-11-24(12-6-21)45(39,40)33-15-18-44(37,38)20-26(33)27(34)31-25(28(35)43-30(2,3)4)19-22-7-9-23(10-8-22)42-29(36)32-13-16-41-17-14-32/h5-12,25-26H,13-20H2,1-4H3,(H,31,34)/t25-,26-/m0/s1. The molecule has 2 heterocycles. The first-order chi connectivity index (χ1) is 21.0. The summed E-state index contributed by atoms with van der Waals surface area (Å²) in [5, 5.41) is 2.56. The van der Waals surface area contributed by atoms with E-state index in [0.717, 1.165) is 9.87 Å². The fourth-order valence-electron chi connectivity index (χ4n) is 4.81. The van der Waals surface area contributed by atoms with Crippen LogP contribution in [0.25, 0.3) is 0 Å². The van der Waals surface area contributed by atoms with Crippen molar-refractivity contribution in [3.05, 3.63) is 59.7 Å². The van der Waals surface area contributed by atoms with E-state index in [4.69, 9.17) is 14.2 Å². The van der Waals surface area contributed by atoms with Gasteiger partial charge in [-0.25, -0.2) is 26.4 Å². The zero-order valence-electron chi connectivity index (χ0n) is 25.7. The minimum absolute atomic E-state index is 0.0669. The second-order valence-electron chi connectivity index (χ2n) is 12.0. The van der Waals surface area contributed by atoms with Crippen LogP contribution in [0.3, 0.4) is 0 Å². The number of amides is 2. The Morgan fingerprint density at radius 1 is 1.00 bits per heavy atom. The number of hydrogen-bond donors (Lipinski definition) is 1. The number of benzene rings is 2. The maximum absolute atomic E-state index is 13.7. The van der Waals surface area contributed by atoms with E-state index in [1.165, 1.54) is 17.0 Å². The third-order valence-corrected chi connectivity index (χ3v) is 10.7. The van der Waals surface area contributed by atoms with E-state index in [2.05, 4.69) is 5.32 Å². The van der Waals surface area contributed by atoms with Gasteiger partial charge in [-0.15, -0.1) is 0 Å². The highest BCUT2D eigenvalue weighted by Gasteiger charge is 2.44. The molecule has 2 atom stereocenters. The van der Waals surface area contributed by atoms with E-state index < -0.39 is 73.6 Å². The van der Waals surface area contributed by atoms with E-state index in [1.807, 2.05) is 0 Å². The summed E-state index contributed by atoms with van der Waals surface area (Å²) in [4.78, 5) is 40.8. The number of nitrogens with zero attached hydrogens (tertiary/aromatic N) is 2. The molecule has 0 saturated carbocycles. The van der Waals surface area contributed by atoms with Gasteiger partial charge in [0, 0.05) is 26.1 Å². The van der Waals surface area contributed by atoms with E-state index >= 15 is 0 Å². The number of sulfone groups is 1. The van der Waals surface area contributed by atoms with Crippen molar-refractivity contribution >= 4 is 37.8 Å². The lowest BCUT2D eigenvalue weighted by molar-refractivity contribution is -0.158. The Hall–Kier alpha value is -3.53. The number of esters is 1. The highest BCUT2D eigenvalue weighted by Crippen LogP contribution is 2.24. The molecular weight excluding hydrogens is 626 g/mol. The molecule has 1 N–H and O–H groups in total. The highest BCUT2D eigenvalue weighted by atomic mass is 32.2. The molecule has 2 aliphatic heterocycles.